The molecule has 0 amide bonds. The van der Waals surface area contributed by atoms with E-state index in [1.54, 1.807) is 4.68 Å². The fourth-order valence-electron chi connectivity index (χ4n) is 1.38. The maximum Gasteiger partial charge on any atom is 0.132 e. The van der Waals surface area contributed by atoms with Crippen LogP contribution in [0.25, 0.3) is 11.4 Å². The molecule has 0 bridgehead atoms. The van der Waals surface area contributed by atoms with Crippen molar-refractivity contribution in [1.82, 2.24) is 19.7 Å². The van der Waals surface area contributed by atoms with Crippen molar-refractivity contribution in [2.75, 3.05) is 0 Å². The van der Waals surface area contributed by atoms with Crippen LogP contribution in [0.1, 0.15) is 25.6 Å². The molecule has 0 saturated heterocycles. The highest BCUT2D eigenvalue weighted by Crippen LogP contribution is 2.21. The van der Waals surface area contributed by atoms with Gasteiger partial charge < -0.3 is 0 Å². The lowest BCUT2D eigenvalue weighted by Gasteiger charge is -2.05. The Morgan fingerprint density at radius 1 is 1.25 bits per heavy atom. The molecule has 0 aliphatic heterocycles. The van der Waals surface area contributed by atoms with Gasteiger partial charge in [-0.2, -0.15) is 5.10 Å². The Balaban J connectivity index is 2.49. The molecule has 0 unspecified atom stereocenters. The first kappa shape index (κ1) is 11.3. The minimum atomic E-state index is 0.306. The van der Waals surface area contributed by atoms with Gasteiger partial charge >= 0.3 is 0 Å². The van der Waals surface area contributed by atoms with Crippen molar-refractivity contribution in [3.8, 4) is 11.4 Å². The van der Waals surface area contributed by atoms with Gasteiger partial charge in [-0.1, -0.05) is 13.8 Å². The van der Waals surface area contributed by atoms with Gasteiger partial charge in [-0.3, -0.25) is 4.68 Å². The fourth-order valence-corrected chi connectivity index (χ4v) is 1.77. The van der Waals surface area contributed by atoms with Crippen LogP contribution in [0.3, 0.4) is 0 Å². The molecule has 0 fully saturated rings. The average Bonchev–Trinajstić information content (AvgIpc) is 2.64. The smallest absolute Gasteiger partial charge is 0.132 e. The third-order valence-corrected chi connectivity index (χ3v) is 2.61. The Kier molecular flexibility index (Phi) is 3.05. The molecule has 0 N–H and O–H groups in total. The quantitative estimate of drug-likeness (QED) is 0.795. The molecule has 2 aromatic heterocycles. The molecule has 0 spiro atoms. The van der Waals surface area contributed by atoms with Gasteiger partial charge in [0.2, 0.25) is 0 Å². The number of halogens is 1. The largest absolute Gasteiger partial charge is 0.275 e. The summed E-state index contributed by atoms with van der Waals surface area (Å²) in [4.78, 5) is 8.84. The zero-order valence-electron chi connectivity index (χ0n) is 9.48. The van der Waals surface area contributed by atoms with Crippen molar-refractivity contribution in [2.24, 2.45) is 7.05 Å². The maximum atomic E-state index is 4.50. The Bertz CT molecular complexity index is 504. The molecule has 84 valence electrons. The lowest BCUT2D eigenvalue weighted by atomic mass is 10.2. The normalized spacial score (nSPS) is 11.1. The highest BCUT2D eigenvalue weighted by molar-refractivity contribution is 9.10. The summed E-state index contributed by atoms with van der Waals surface area (Å²) in [5.74, 6) is 1.13. The molecular formula is C11H13BrN4. The Morgan fingerprint density at radius 2 is 2.00 bits per heavy atom. The second kappa shape index (κ2) is 4.33. The number of hydrogen-bond donors (Lipinski definition) is 0. The lowest BCUT2D eigenvalue weighted by Crippen LogP contribution is -2.00. The van der Waals surface area contributed by atoms with E-state index in [1.165, 1.54) is 0 Å². The third-order valence-electron chi connectivity index (χ3n) is 2.20. The number of aryl methyl sites for hydroxylation is 1. The van der Waals surface area contributed by atoms with E-state index in [4.69, 9.17) is 0 Å². The van der Waals surface area contributed by atoms with E-state index in [1.807, 2.05) is 25.4 Å². The van der Waals surface area contributed by atoms with Crippen molar-refractivity contribution < 1.29 is 0 Å². The molecule has 0 aliphatic rings. The summed E-state index contributed by atoms with van der Waals surface area (Å²) < 4.78 is 2.56. The van der Waals surface area contributed by atoms with Gasteiger partial charge in [-0.05, 0) is 28.1 Å². The lowest BCUT2D eigenvalue weighted by molar-refractivity contribution is 0.758. The van der Waals surface area contributed by atoms with Gasteiger partial charge in [-0.15, -0.1) is 0 Å². The molecule has 0 aliphatic carbocycles. The SMILES string of the molecule is CC(C)c1nc(Br)cc(-c2ccn(C)n2)n1. The number of rotatable bonds is 2. The molecule has 16 heavy (non-hydrogen) atoms. The van der Waals surface area contributed by atoms with E-state index < -0.39 is 0 Å². The summed E-state index contributed by atoms with van der Waals surface area (Å²) in [6.07, 6.45) is 1.90. The third kappa shape index (κ3) is 2.29. The summed E-state index contributed by atoms with van der Waals surface area (Å²) >= 11 is 3.40. The highest BCUT2D eigenvalue weighted by atomic mass is 79.9. The van der Waals surface area contributed by atoms with Gasteiger partial charge in [0.05, 0.1) is 5.69 Å². The number of nitrogens with zero attached hydrogens (tertiary/aromatic N) is 4. The van der Waals surface area contributed by atoms with Gasteiger partial charge in [-0.25, -0.2) is 9.97 Å². The summed E-state index contributed by atoms with van der Waals surface area (Å²) in [5, 5.41) is 4.33. The molecule has 0 atom stereocenters. The Hall–Kier alpha value is -1.23. The topological polar surface area (TPSA) is 43.6 Å². The number of hydrogen-bond acceptors (Lipinski definition) is 3. The molecule has 2 aromatic rings. The molecular weight excluding hydrogens is 268 g/mol. The minimum Gasteiger partial charge on any atom is -0.275 e. The molecule has 0 aromatic carbocycles. The molecule has 4 nitrogen and oxygen atoms in total. The van der Waals surface area contributed by atoms with Crippen molar-refractivity contribution >= 4 is 15.9 Å². The predicted molar refractivity (Wildman–Crippen MR) is 66.0 cm³/mol. The van der Waals surface area contributed by atoms with E-state index in [-0.39, 0.29) is 0 Å². The summed E-state index contributed by atoms with van der Waals surface area (Å²) in [7, 11) is 1.89. The molecule has 2 rings (SSSR count). The highest BCUT2D eigenvalue weighted by Gasteiger charge is 2.09. The van der Waals surface area contributed by atoms with E-state index in [2.05, 4.69) is 44.8 Å². The van der Waals surface area contributed by atoms with Gasteiger partial charge in [0, 0.05) is 19.2 Å². The second-order valence-corrected chi connectivity index (χ2v) is 4.78. The Morgan fingerprint density at radius 3 is 2.56 bits per heavy atom. The average molecular weight is 281 g/mol. The van der Waals surface area contributed by atoms with E-state index in [0.29, 0.717) is 5.92 Å². The van der Waals surface area contributed by atoms with Gasteiger partial charge in [0.1, 0.15) is 16.1 Å². The van der Waals surface area contributed by atoms with Crippen LogP contribution in [0.15, 0.2) is 22.9 Å². The first-order chi connectivity index (χ1) is 7.56. The van der Waals surface area contributed by atoms with Crippen LogP contribution in [-0.2, 0) is 7.05 Å². The zero-order valence-corrected chi connectivity index (χ0v) is 11.1. The standard InChI is InChI=1S/C11H13BrN4/c1-7(2)11-13-9(6-10(12)14-11)8-4-5-16(3)15-8/h4-7H,1-3H3. The molecule has 5 heteroatoms. The van der Waals surface area contributed by atoms with Crippen molar-refractivity contribution in [3.63, 3.8) is 0 Å². The number of aromatic nitrogens is 4. The Labute approximate surface area is 103 Å². The van der Waals surface area contributed by atoms with Crippen LogP contribution in [0.2, 0.25) is 0 Å². The molecule has 0 saturated carbocycles. The van der Waals surface area contributed by atoms with E-state index in [0.717, 1.165) is 21.8 Å². The van der Waals surface area contributed by atoms with Crippen LogP contribution in [0.4, 0.5) is 0 Å². The summed E-state index contributed by atoms with van der Waals surface area (Å²) in [5.41, 5.74) is 1.72. The predicted octanol–water partition coefficient (Wildman–Crippen LogP) is 2.76. The zero-order chi connectivity index (χ0) is 11.7. The monoisotopic (exact) mass is 280 g/mol. The van der Waals surface area contributed by atoms with Crippen LogP contribution < -0.4 is 0 Å². The first-order valence-corrected chi connectivity index (χ1v) is 5.90. The van der Waals surface area contributed by atoms with Gasteiger partial charge in [0.25, 0.3) is 0 Å². The van der Waals surface area contributed by atoms with Crippen molar-refractivity contribution in [1.29, 1.82) is 0 Å². The molecule has 0 radical (unpaired) electrons. The first-order valence-electron chi connectivity index (χ1n) is 5.11. The molecule has 2 heterocycles. The van der Waals surface area contributed by atoms with Gasteiger partial charge in [0.15, 0.2) is 0 Å². The van der Waals surface area contributed by atoms with Crippen molar-refractivity contribution in [3.05, 3.63) is 28.8 Å². The van der Waals surface area contributed by atoms with E-state index >= 15 is 0 Å². The van der Waals surface area contributed by atoms with E-state index in [9.17, 15) is 0 Å². The van der Waals surface area contributed by atoms with Crippen LogP contribution in [0, 0.1) is 0 Å². The van der Waals surface area contributed by atoms with Crippen LogP contribution in [0.5, 0.6) is 0 Å². The van der Waals surface area contributed by atoms with Crippen LogP contribution >= 0.6 is 15.9 Å². The van der Waals surface area contributed by atoms with Crippen molar-refractivity contribution in [2.45, 2.75) is 19.8 Å². The van der Waals surface area contributed by atoms with Crippen LogP contribution in [-0.4, -0.2) is 19.7 Å². The summed E-state index contributed by atoms with van der Waals surface area (Å²) in [6, 6.07) is 3.83. The summed E-state index contributed by atoms with van der Waals surface area (Å²) in [6.45, 7) is 4.15. The second-order valence-electron chi connectivity index (χ2n) is 3.96. The minimum absolute atomic E-state index is 0.306. The fraction of sp³-hybridized carbons (Fsp3) is 0.364. The maximum absolute atomic E-state index is 4.50.